The van der Waals surface area contributed by atoms with Crippen LogP contribution in [0.15, 0.2) is 42.7 Å². The lowest BCUT2D eigenvalue weighted by Gasteiger charge is -2.36. The third kappa shape index (κ3) is 4.39. The smallest absolute Gasteiger partial charge is 0.227 e. The van der Waals surface area contributed by atoms with Crippen LogP contribution in [0.25, 0.3) is 0 Å². The molecule has 4 nitrogen and oxygen atoms in total. The number of aromatic nitrogens is 1. The van der Waals surface area contributed by atoms with Crippen molar-refractivity contribution in [3.8, 4) is 0 Å². The van der Waals surface area contributed by atoms with E-state index in [1.807, 2.05) is 23.2 Å². The first-order valence-electron chi connectivity index (χ1n) is 7.49. The number of pyridine rings is 1. The third-order valence-electron chi connectivity index (χ3n) is 3.98. The molecule has 1 N–H and O–H groups in total. The maximum atomic E-state index is 12.8. The Balaban J connectivity index is 0.00000208. The number of nitrogens with one attached hydrogen (secondary N) is 1. The van der Waals surface area contributed by atoms with Crippen LogP contribution in [0.2, 0.25) is 10.0 Å². The molecule has 1 fully saturated rings. The van der Waals surface area contributed by atoms with Gasteiger partial charge in [0.2, 0.25) is 5.91 Å². The van der Waals surface area contributed by atoms with Crippen molar-refractivity contribution < 1.29 is 4.79 Å². The Morgan fingerprint density at radius 3 is 2.92 bits per heavy atom. The minimum atomic E-state index is -0.0112. The van der Waals surface area contributed by atoms with Crippen molar-refractivity contribution in [3.63, 3.8) is 0 Å². The lowest BCUT2D eigenvalue weighted by molar-refractivity contribution is -0.133. The van der Waals surface area contributed by atoms with Crippen LogP contribution in [-0.4, -0.2) is 35.4 Å². The quantitative estimate of drug-likeness (QED) is 0.878. The number of carbonyl (C=O) groups is 1. The highest BCUT2D eigenvalue weighted by molar-refractivity contribution is 6.33. The van der Waals surface area contributed by atoms with Gasteiger partial charge in [0.05, 0.1) is 12.5 Å². The predicted molar refractivity (Wildman–Crippen MR) is 99.0 cm³/mol. The van der Waals surface area contributed by atoms with E-state index in [0.29, 0.717) is 16.6 Å². The molecule has 2 heterocycles. The first kappa shape index (κ1) is 19.0. The highest BCUT2D eigenvalue weighted by atomic mass is 35.5. The Hall–Kier alpha value is -1.33. The molecule has 3 rings (SSSR count). The van der Waals surface area contributed by atoms with Gasteiger partial charge >= 0.3 is 0 Å². The number of piperazine rings is 1. The van der Waals surface area contributed by atoms with E-state index in [2.05, 4.69) is 10.3 Å². The van der Waals surface area contributed by atoms with Crippen molar-refractivity contribution >= 4 is 41.5 Å². The molecule has 0 aliphatic carbocycles. The molecule has 24 heavy (non-hydrogen) atoms. The second-order valence-corrected chi connectivity index (χ2v) is 6.35. The molecule has 1 amide bonds. The van der Waals surface area contributed by atoms with Crippen LogP contribution in [0.3, 0.4) is 0 Å². The minimum absolute atomic E-state index is 0. The van der Waals surface area contributed by atoms with E-state index in [4.69, 9.17) is 23.2 Å². The largest absolute Gasteiger partial charge is 0.333 e. The Labute approximate surface area is 157 Å². The fraction of sp³-hybridized carbons (Fsp3) is 0.294. The Bertz CT molecular complexity index is 697. The molecule has 1 saturated heterocycles. The standard InChI is InChI=1S/C17H17Cl2N3O.ClH/c18-14-3-4-15(19)13(8-14)9-17(23)22-7-6-21-11-16(22)12-2-1-5-20-10-12;/h1-5,8,10,16,21H,6-7,9,11H2;1H. The summed E-state index contributed by atoms with van der Waals surface area (Å²) in [5, 5.41) is 4.48. The summed E-state index contributed by atoms with van der Waals surface area (Å²) in [5.74, 6) is 0.0459. The lowest BCUT2D eigenvalue weighted by Crippen LogP contribution is -2.49. The van der Waals surface area contributed by atoms with E-state index in [0.717, 1.165) is 24.2 Å². The maximum Gasteiger partial charge on any atom is 0.227 e. The fourth-order valence-corrected chi connectivity index (χ4v) is 3.20. The fourth-order valence-electron chi connectivity index (χ4n) is 2.82. The Morgan fingerprint density at radius 1 is 1.33 bits per heavy atom. The second-order valence-electron chi connectivity index (χ2n) is 5.51. The molecule has 7 heteroatoms. The van der Waals surface area contributed by atoms with E-state index in [-0.39, 0.29) is 30.8 Å². The first-order chi connectivity index (χ1) is 11.1. The number of hydrogen-bond donors (Lipinski definition) is 1. The molecule has 128 valence electrons. The van der Waals surface area contributed by atoms with E-state index < -0.39 is 0 Å². The van der Waals surface area contributed by atoms with Gasteiger partial charge in [0.25, 0.3) is 0 Å². The van der Waals surface area contributed by atoms with Gasteiger partial charge in [-0.05, 0) is 35.4 Å². The Kier molecular flexibility index (Phi) is 6.87. The molecule has 1 aliphatic rings. The number of halogens is 3. The summed E-state index contributed by atoms with van der Waals surface area (Å²) in [6.45, 7) is 2.17. The molecule has 0 spiro atoms. The summed E-state index contributed by atoms with van der Waals surface area (Å²) in [5.41, 5.74) is 1.79. The highest BCUT2D eigenvalue weighted by Gasteiger charge is 2.28. The predicted octanol–water partition coefficient (Wildman–Crippen LogP) is 3.53. The van der Waals surface area contributed by atoms with Gasteiger partial charge in [-0.25, -0.2) is 0 Å². The molecule has 1 aliphatic heterocycles. The van der Waals surface area contributed by atoms with Crippen molar-refractivity contribution in [3.05, 3.63) is 63.9 Å². The van der Waals surface area contributed by atoms with Crippen LogP contribution in [0.1, 0.15) is 17.2 Å². The van der Waals surface area contributed by atoms with Crippen LogP contribution < -0.4 is 5.32 Å². The van der Waals surface area contributed by atoms with Crippen molar-refractivity contribution in [2.24, 2.45) is 0 Å². The zero-order valence-electron chi connectivity index (χ0n) is 12.9. The van der Waals surface area contributed by atoms with Gasteiger partial charge in [0.15, 0.2) is 0 Å². The third-order valence-corrected chi connectivity index (χ3v) is 4.59. The average Bonchev–Trinajstić information content (AvgIpc) is 2.59. The lowest BCUT2D eigenvalue weighted by atomic mass is 10.0. The number of nitrogens with zero attached hydrogens (tertiary/aromatic N) is 2. The van der Waals surface area contributed by atoms with Crippen molar-refractivity contribution in [2.45, 2.75) is 12.5 Å². The van der Waals surface area contributed by atoms with Crippen LogP contribution >= 0.6 is 35.6 Å². The summed E-state index contributed by atoms with van der Waals surface area (Å²) >= 11 is 12.2. The van der Waals surface area contributed by atoms with Gasteiger partial charge in [-0.2, -0.15) is 0 Å². The summed E-state index contributed by atoms with van der Waals surface area (Å²) in [7, 11) is 0. The average molecular weight is 387 g/mol. The summed E-state index contributed by atoms with van der Waals surface area (Å²) < 4.78 is 0. The molecule has 1 atom stereocenters. The van der Waals surface area contributed by atoms with E-state index in [9.17, 15) is 4.79 Å². The molecular weight excluding hydrogens is 369 g/mol. The molecule has 1 aromatic carbocycles. The highest BCUT2D eigenvalue weighted by Crippen LogP contribution is 2.25. The number of carbonyl (C=O) groups excluding carboxylic acids is 1. The zero-order valence-corrected chi connectivity index (χ0v) is 15.2. The second kappa shape index (κ2) is 8.67. The molecule has 2 aromatic rings. The van der Waals surface area contributed by atoms with Crippen molar-refractivity contribution in [2.75, 3.05) is 19.6 Å². The maximum absolute atomic E-state index is 12.8. The number of amides is 1. The van der Waals surface area contributed by atoms with Gasteiger partial charge in [0, 0.05) is 42.1 Å². The molecule has 0 radical (unpaired) electrons. The summed E-state index contributed by atoms with van der Waals surface area (Å²) in [6.07, 6.45) is 3.79. The molecule has 1 unspecified atom stereocenters. The van der Waals surface area contributed by atoms with Crippen molar-refractivity contribution in [1.82, 2.24) is 15.2 Å². The van der Waals surface area contributed by atoms with E-state index >= 15 is 0 Å². The van der Waals surface area contributed by atoms with Gasteiger partial charge in [-0.1, -0.05) is 29.3 Å². The molecule has 0 saturated carbocycles. The van der Waals surface area contributed by atoms with Gasteiger partial charge in [-0.3, -0.25) is 9.78 Å². The van der Waals surface area contributed by atoms with Crippen LogP contribution in [0, 0.1) is 0 Å². The van der Waals surface area contributed by atoms with Gasteiger partial charge < -0.3 is 10.2 Å². The molecular formula is C17H18Cl3N3O. The normalized spacial score (nSPS) is 17.2. The van der Waals surface area contributed by atoms with Crippen LogP contribution in [0.5, 0.6) is 0 Å². The van der Waals surface area contributed by atoms with Crippen molar-refractivity contribution in [1.29, 1.82) is 0 Å². The van der Waals surface area contributed by atoms with Gasteiger partial charge in [-0.15, -0.1) is 12.4 Å². The number of benzene rings is 1. The molecule has 1 aromatic heterocycles. The van der Waals surface area contributed by atoms with Crippen LogP contribution in [-0.2, 0) is 11.2 Å². The topological polar surface area (TPSA) is 45.2 Å². The van der Waals surface area contributed by atoms with E-state index in [1.54, 1.807) is 24.4 Å². The van der Waals surface area contributed by atoms with Crippen LogP contribution in [0.4, 0.5) is 0 Å². The summed E-state index contributed by atoms with van der Waals surface area (Å²) in [4.78, 5) is 18.8. The van der Waals surface area contributed by atoms with E-state index in [1.165, 1.54) is 0 Å². The minimum Gasteiger partial charge on any atom is -0.333 e. The number of rotatable bonds is 3. The monoisotopic (exact) mass is 385 g/mol. The Morgan fingerprint density at radius 2 is 2.17 bits per heavy atom. The van der Waals surface area contributed by atoms with Gasteiger partial charge in [0.1, 0.15) is 0 Å². The SMILES string of the molecule is Cl.O=C(Cc1cc(Cl)ccc1Cl)N1CCNCC1c1cccnc1. The zero-order chi connectivity index (χ0) is 16.2. The molecule has 0 bridgehead atoms. The number of hydrogen-bond acceptors (Lipinski definition) is 3. The summed E-state index contributed by atoms with van der Waals surface area (Å²) in [6, 6.07) is 9.08. The first-order valence-corrected chi connectivity index (χ1v) is 8.25.